The van der Waals surface area contributed by atoms with E-state index < -0.39 is 12.1 Å². The number of furan rings is 1. The standard InChI is InChI=1S/C15H16ClN3O3/c1-10(2)13(5-6-17)22-15(20)14-4-3-12(21-14)9-19-8-11(16)7-18-19/h3-4,7-8,10,13H,5,9H2,1-2H3/t13-/m1/s1. The molecule has 0 saturated carbocycles. The largest absolute Gasteiger partial charge is 0.455 e. The highest BCUT2D eigenvalue weighted by atomic mass is 35.5. The highest BCUT2D eigenvalue weighted by Gasteiger charge is 2.21. The van der Waals surface area contributed by atoms with Crippen molar-refractivity contribution in [3.8, 4) is 6.07 Å². The first-order chi connectivity index (χ1) is 10.5. The van der Waals surface area contributed by atoms with Crippen molar-refractivity contribution in [2.24, 2.45) is 5.92 Å². The molecule has 6 nitrogen and oxygen atoms in total. The van der Waals surface area contributed by atoms with E-state index in [0.717, 1.165) is 0 Å². The topological polar surface area (TPSA) is 81.0 Å². The van der Waals surface area contributed by atoms with E-state index in [4.69, 9.17) is 26.0 Å². The van der Waals surface area contributed by atoms with Gasteiger partial charge in [-0.1, -0.05) is 25.4 Å². The maximum atomic E-state index is 12.0. The average Bonchev–Trinajstić information content (AvgIpc) is 3.08. The lowest BCUT2D eigenvalue weighted by Gasteiger charge is -2.17. The minimum Gasteiger partial charge on any atom is -0.455 e. The van der Waals surface area contributed by atoms with Gasteiger partial charge < -0.3 is 9.15 Å². The van der Waals surface area contributed by atoms with Crippen LogP contribution >= 0.6 is 11.6 Å². The van der Waals surface area contributed by atoms with Gasteiger partial charge in [-0.05, 0) is 18.1 Å². The second-order valence-electron chi connectivity index (χ2n) is 5.17. The number of carbonyl (C=O) groups excluding carboxylic acids is 1. The van der Waals surface area contributed by atoms with E-state index in [1.807, 2.05) is 19.9 Å². The Kier molecular flexibility index (Phi) is 5.23. The van der Waals surface area contributed by atoms with Gasteiger partial charge >= 0.3 is 5.97 Å². The van der Waals surface area contributed by atoms with Crippen molar-refractivity contribution >= 4 is 17.6 Å². The second-order valence-corrected chi connectivity index (χ2v) is 5.61. The molecule has 0 unspecified atom stereocenters. The third kappa shape index (κ3) is 4.12. The molecule has 0 aliphatic carbocycles. The van der Waals surface area contributed by atoms with Crippen LogP contribution < -0.4 is 0 Å². The van der Waals surface area contributed by atoms with Gasteiger partial charge in [0, 0.05) is 6.20 Å². The first-order valence-corrected chi connectivity index (χ1v) is 7.22. The second kappa shape index (κ2) is 7.14. The summed E-state index contributed by atoms with van der Waals surface area (Å²) in [6.45, 7) is 4.15. The molecule has 7 heteroatoms. The zero-order valence-corrected chi connectivity index (χ0v) is 13.1. The minimum absolute atomic E-state index is 0.0595. The van der Waals surface area contributed by atoms with Crippen molar-refractivity contribution in [3.05, 3.63) is 41.1 Å². The van der Waals surface area contributed by atoms with E-state index >= 15 is 0 Å². The number of hydrogen-bond donors (Lipinski definition) is 0. The number of rotatable bonds is 6. The fraction of sp³-hybridized carbons (Fsp3) is 0.400. The lowest BCUT2D eigenvalue weighted by Crippen LogP contribution is -2.23. The summed E-state index contributed by atoms with van der Waals surface area (Å²) in [6, 6.07) is 5.24. The third-order valence-corrected chi connectivity index (χ3v) is 3.27. The van der Waals surface area contributed by atoms with Crippen LogP contribution in [0.1, 0.15) is 36.6 Å². The van der Waals surface area contributed by atoms with Crippen molar-refractivity contribution in [3.63, 3.8) is 0 Å². The van der Waals surface area contributed by atoms with Crippen LogP contribution in [0.15, 0.2) is 28.9 Å². The Balaban J connectivity index is 2.01. The normalized spacial score (nSPS) is 12.1. The molecule has 0 aliphatic heterocycles. The molecule has 0 N–H and O–H groups in total. The number of carbonyl (C=O) groups is 1. The molecule has 1 atom stereocenters. The van der Waals surface area contributed by atoms with Crippen molar-refractivity contribution in [2.75, 3.05) is 0 Å². The fourth-order valence-corrected chi connectivity index (χ4v) is 2.01. The molecule has 0 aromatic carbocycles. The van der Waals surface area contributed by atoms with Crippen LogP contribution in [0.3, 0.4) is 0 Å². The zero-order chi connectivity index (χ0) is 16.1. The number of nitriles is 1. The average molecular weight is 322 g/mol. The van der Waals surface area contributed by atoms with Crippen molar-refractivity contribution in [2.45, 2.75) is 32.9 Å². The smallest absolute Gasteiger partial charge is 0.374 e. The third-order valence-electron chi connectivity index (χ3n) is 3.08. The van der Waals surface area contributed by atoms with Gasteiger partial charge in [0.05, 0.1) is 30.3 Å². The highest BCUT2D eigenvalue weighted by Crippen LogP contribution is 2.16. The van der Waals surface area contributed by atoms with Crippen molar-refractivity contribution < 1.29 is 13.9 Å². The van der Waals surface area contributed by atoms with Crippen molar-refractivity contribution in [1.29, 1.82) is 5.26 Å². The summed E-state index contributed by atoms with van der Waals surface area (Å²) in [6.07, 6.45) is 2.89. The van der Waals surface area contributed by atoms with Gasteiger partial charge in [0.2, 0.25) is 5.76 Å². The molecular weight excluding hydrogens is 306 g/mol. The molecule has 0 bridgehead atoms. The van der Waals surface area contributed by atoms with Gasteiger partial charge in [-0.15, -0.1) is 0 Å². The van der Waals surface area contributed by atoms with E-state index in [2.05, 4.69) is 5.10 Å². The van der Waals surface area contributed by atoms with Crippen LogP contribution in [-0.4, -0.2) is 21.9 Å². The predicted molar refractivity (Wildman–Crippen MR) is 79.3 cm³/mol. The van der Waals surface area contributed by atoms with E-state index in [-0.39, 0.29) is 18.1 Å². The molecule has 0 spiro atoms. The summed E-state index contributed by atoms with van der Waals surface area (Å²) in [4.78, 5) is 12.0. The molecule has 0 amide bonds. The summed E-state index contributed by atoms with van der Waals surface area (Å²) in [5.74, 6) is 0.160. The number of aromatic nitrogens is 2. The summed E-state index contributed by atoms with van der Waals surface area (Å²) in [5.41, 5.74) is 0. The number of halogens is 1. The summed E-state index contributed by atoms with van der Waals surface area (Å²) in [7, 11) is 0. The molecule has 2 rings (SSSR count). The summed E-state index contributed by atoms with van der Waals surface area (Å²) in [5, 5.41) is 13.3. The van der Waals surface area contributed by atoms with Gasteiger partial charge in [0.15, 0.2) is 0 Å². The Hall–Kier alpha value is -2.26. The molecule has 0 saturated heterocycles. The molecule has 116 valence electrons. The van der Waals surface area contributed by atoms with Gasteiger partial charge in [-0.2, -0.15) is 10.4 Å². The Morgan fingerprint density at radius 1 is 1.55 bits per heavy atom. The molecular formula is C15H16ClN3O3. The highest BCUT2D eigenvalue weighted by molar-refractivity contribution is 6.30. The minimum atomic E-state index is -0.571. The lowest BCUT2D eigenvalue weighted by atomic mass is 10.1. The Bertz CT molecular complexity index is 684. The fourth-order valence-electron chi connectivity index (χ4n) is 1.86. The number of esters is 1. The van der Waals surface area contributed by atoms with E-state index in [1.54, 1.807) is 23.0 Å². The first kappa shape index (κ1) is 16.1. The molecule has 2 aromatic heterocycles. The number of hydrogen-bond acceptors (Lipinski definition) is 5. The Morgan fingerprint density at radius 2 is 2.32 bits per heavy atom. The monoisotopic (exact) mass is 321 g/mol. The predicted octanol–water partition coefficient (Wildman–Crippen LogP) is 3.27. The van der Waals surface area contributed by atoms with Crippen LogP contribution in [0.5, 0.6) is 0 Å². The molecule has 0 aliphatic rings. The molecule has 22 heavy (non-hydrogen) atoms. The van der Waals surface area contributed by atoms with Crippen LogP contribution in [0.25, 0.3) is 0 Å². The molecule has 0 fully saturated rings. The van der Waals surface area contributed by atoms with E-state index in [0.29, 0.717) is 17.3 Å². The van der Waals surface area contributed by atoms with Crippen LogP contribution in [0, 0.1) is 17.2 Å². The van der Waals surface area contributed by atoms with Gasteiger partial charge in [-0.25, -0.2) is 4.79 Å². The molecule has 2 aromatic rings. The van der Waals surface area contributed by atoms with Crippen LogP contribution in [0.2, 0.25) is 5.02 Å². The summed E-state index contributed by atoms with van der Waals surface area (Å²) >= 11 is 5.78. The summed E-state index contributed by atoms with van der Waals surface area (Å²) < 4.78 is 12.4. The maximum absolute atomic E-state index is 12.0. The number of ether oxygens (including phenoxy) is 1. The first-order valence-electron chi connectivity index (χ1n) is 6.84. The van der Waals surface area contributed by atoms with E-state index in [1.165, 1.54) is 6.20 Å². The molecule has 0 radical (unpaired) electrons. The Labute approximate surface area is 133 Å². The van der Waals surface area contributed by atoms with Gasteiger partial charge in [-0.3, -0.25) is 4.68 Å². The maximum Gasteiger partial charge on any atom is 0.374 e. The SMILES string of the molecule is CC(C)[C@@H](CC#N)OC(=O)c1ccc(Cn2cc(Cl)cn2)o1. The Morgan fingerprint density at radius 3 is 2.91 bits per heavy atom. The van der Waals surface area contributed by atoms with Crippen LogP contribution in [-0.2, 0) is 11.3 Å². The van der Waals surface area contributed by atoms with Gasteiger partial charge in [0.1, 0.15) is 11.9 Å². The number of nitrogens with zero attached hydrogens (tertiary/aromatic N) is 3. The van der Waals surface area contributed by atoms with E-state index in [9.17, 15) is 4.79 Å². The van der Waals surface area contributed by atoms with Gasteiger partial charge in [0.25, 0.3) is 0 Å². The molecule has 2 heterocycles. The quantitative estimate of drug-likeness (QED) is 0.763. The van der Waals surface area contributed by atoms with Crippen molar-refractivity contribution in [1.82, 2.24) is 9.78 Å². The van der Waals surface area contributed by atoms with Crippen LogP contribution in [0.4, 0.5) is 0 Å². The zero-order valence-electron chi connectivity index (χ0n) is 12.3. The lowest BCUT2D eigenvalue weighted by molar-refractivity contribution is 0.0162.